The highest BCUT2D eigenvalue weighted by atomic mass is 32.1. The summed E-state index contributed by atoms with van der Waals surface area (Å²) in [6.45, 7) is 4.64. The van der Waals surface area contributed by atoms with Crippen LogP contribution in [0.15, 0.2) is 58.6 Å². The van der Waals surface area contributed by atoms with Crippen LogP contribution in [0.25, 0.3) is 22.0 Å². The summed E-state index contributed by atoms with van der Waals surface area (Å²) < 4.78 is 5.56. The summed E-state index contributed by atoms with van der Waals surface area (Å²) in [7, 11) is 0. The van der Waals surface area contributed by atoms with E-state index >= 15 is 0 Å². The van der Waals surface area contributed by atoms with Gasteiger partial charge in [0.05, 0.1) is 16.3 Å². The van der Waals surface area contributed by atoms with Gasteiger partial charge in [0, 0.05) is 49.4 Å². The fourth-order valence-corrected chi connectivity index (χ4v) is 4.17. The smallest absolute Gasteiger partial charge is 0.169 e. The molecule has 0 aliphatic carbocycles. The second-order valence-corrected chi connectivity index (χ2v) is 8.10. The van der Waals surface area contributed by atoms with Gasteiger partial charge in [-0.2, -0.15) is 0 Å². The fraction of sp³-hybridized carbons (Fsp3) is 0.227. The van der Waals surface area contributed by atoms with E-state index in [4.69, 9.17) is 9.51 Å². The van der Waals surface area contributed by atoms with Crippen molar-refractivity contribution in [2.75, 3.05) is 6.54 Å². The molecule has 5 nitrogen and oxygen atoms in total. The zero-order valence-electron chi connectivity index (χ0n) is 15.6. The topological polar surface area (TPSA) is 55.1 Å². The standard InChI is InChI=1S/C22H20N4OS/c1-15-4-6-16(7-5-15)20-11-18(25-27-20)14-26-9-8-19-17(13-26)12-23-22(24-19)21-3-2-10-28-21/h2-7,10-12H,8-9,13-14H2,1H3. The predicted octanol–water partition coefficient (Wildman–Crippen LogP) is 4.73. The molecule has 0 fully saturated rings. The van der Waals surface area contributed by atoms with Crippen LogP contribution in [-0.4, -0.2) is 26.6 Å². The molecular formula is C22H20N4OS. The Morgan fingerprint density at radius 3 is 2.89 bits per heavy atom. The summed E-state index contributed by atoms with van der Waals surface area (Å²) in [5.41, 5.74) is 5.61. The molecule has 140 valence electrons. The van der Waals surface area contributed by atoms with E-state index in [-0.39, 0.29) is 0 Å². The molecule has 0 radical (unpaired) electrons. The van der Waals surface area contributed by atoms with Gasteiger partial charge in [0.1, 0.15) is 0 Å². The van der Waals surface area contributed by atoms with Gasteiger partial charge in [-0.05, 0) is 18.4 Å². The fourth-order valence-electron chi connectivity index (χ4n) is 3.50. The number of rotatable bonds is 4. The van der Waals surface area contributed by atoms with Crippen molar-refractivity contribution in [3.05, 3.63) is 76.6 Å². The molecule has 0 spiro atoms. The Morgan fingerprint density at radius 2 is 2.07 bits per heavy atom. The Hall–Kier alpha value is -2.83. The van der Waals surface area contributed by atoms with Crippen molar-refractivity contribution in [2.24, 2.45) is 0 Å². The molecular weight excluding hydrogens is 368 g/mol. The average Bonchev–Trinajstić information content (AvgIpc) is 3.41. The van der Waals surface area contributed by atoms with Gasteiger partial charge in [-0.25, -0.2) is 9.97 Å². The monoisotopic (exact) mass is 388 g/mol. The van der Waals surface area contributed by atoms with Crippen LogP contribution in [0.2, 0.25) is 0 Å². The minimum atomic E-state index is 0.765. The molecule has 0 atom stereocenters. The van der Waals surface area contributed by atoms with E-state index < -0.39 is 0 Å². The molecule has 28 heavy (non-hydrogen) atoms. The van der Waals surface area contributed by atoms with E-state index in [9.17, 15) is 0 Å². The number of aryl methyl sites for hydroxylation is 1. The molecule has 0 saturated heterocycles. The number of nitrogens with zero attached hydrogens (tertiary/aromatic N) is 4. The van der Waals surface area contributed by atoms with Crippen LogP contribution in [0.1, 0.15) is 22.5 Å². The molecule has 1 aliphatic rings. The van der Waals surface area contributed by atoms with Gasteiger partial charge in [-0.3, -0.25) is 4.90 Å². The molecule has 3 aromatic heterocycles. The third-order valence-electron chi connectivity index (χ3n) is 5.04. The molecule has 4 aromatic rings. The molecule has 0 N–H and O–H groups in total. The van der Waals surface area contributed by atoms with Crippen LogP contribution in [0.3, 0.4) is 0 Å². The van der Waals surface area contributed by atoms with Gasteiger partial charge in [0.2, 0.25) is 0 Å². The predicted molar refractivity (Wildman–Crippen MR) is 110 cm³/mol. The first-order chi connectivity index (χ1) is 13.7. The van der Waals surface area contributed by atoms with Gasteiger partial charge in [-0.1, -0.05) is 41.1 Å². The zero-order chi connectivity index (χ0) is 18.9. The Balaban J connectivity index is 1.29. The lowest BCUT2D eigenvalue weighted by Crippen LogP contribution is -2.31. The minimum Gasteiger partial charge on any atom is -0.356 e. The SMILES string of the molecule is Cc1ccc(-c2cc(CN3CCc4nc(-c5cccs5)ncc4C3)no2)cc1. The van der Waals surface area contributed by atoms with Crippen LogP contribution in [0, 0.1) is 6.92 Å². The lowest BCUT2D eigenvalue weighted by atomic mass is 10.1. The van der Waals surface area contributed by atoms with Crippen molar-refractivity contribution in [2.45, 2.75) is 26.4 Å². The second-order valence-electron chi connectivity index (χ2n) is 7.15. The maximum absolute atomic E-state index is 5.56. The molecule has 4 heterocycles. The van der Waals surface area contributed by atoms with Gasteiger partial charge >= 0.3 is 0 Å². The van der Waals surface area contributed by atoms with E-state index in [1.165, 1.54) is 11.1 Å². The van der Waals surface area contributed by atoms with Crippen molar-refractivity contribution in [1.82, 2.24) is 20.0 Å². The minimum absolute atomic E-state index is 0.765. The number of hydrogen-bond donors (Lipinski definition) is 0. The highest BCUT2D eigenvalue weighted by Crippen LogP contribution is 2.26. The molecule has 6 heteroatoms. The Kier molecular flexibility index (Phi) is 4.50. The summed E-state index contributed by atoms with van der Waals surface area (Å²) in [4.78, 5) is 12.8. The van der Waals surface area contributed by atoms with E-state index in [1.54, 1.807) is 11.3 Å². The summed E-state index contributed by atoms with van der Waals surface area (Å²) in [6, 6.07) is 14.5. The molecule has 0 saturated carbocycles. The van der Waals surface area contributed by atoms with Crippen molar-refractivity contribution < 1.29 is 4.52 Å². The summed E-state index contributed by atoms with van der Waals surface area (Å²) >= 11 is 1.68. The molecule has 0 unspecified atom stereocenters. The molecule has 5 rings (SSSR count). The normalized spacial score (nSPS) is 14.2. The maximum atomic E-state index is 5.56. The summed E-state index contributed by atoms with van der Waals surface area (Å²) in [5.74, 6) is 1.65. The Morgan fingerprint density at radius 1 is 1.18 bits per heavy atom. The van der Waals surface area contributed by atoms with Gasteiger partial charge < -0.3 is 4.52 Å². The van der Waals surface area contributed by atoms with Crippen LogP contribution in [-0.2, 0) is 19.5 Å². The van der Waals surface area contributed by atoms with E-state index in [0.29, 0.717) is 0 Å². The summed E-state index contributed by atoms with van der Waals surface area (Å²) in [5, 5.41) is 6.32. The molecule has 0 bridgehead atoms. The lowest BCUT2D eigenvalue weighted by molar-refractivity contribution is 0.235. The van der Waals surface area contributed by atoms with Crippen LogP contribution >= 0.6 is 11.3 Å². The number of thiophene rings is 1. The Labute approximate surface area is 167 Å². The first-order valence-corrected chi connectivity index (χ1v) is 10.3. The third kappa shape index (κ3) is 3.48. The van der Waals surface area contributed by atoms with E-state index in [2.05, 4.69) is 57.7 Å². The number of benzene rings is 1. The average molecular weight is 388 g/mol. The van der Waals surface area contributed by atoms with E-state index in [1.807, 2.05) is 18.3 Å². The molecule has 1 aliphatic heterocycles. The molecule has 0 amide bonds. The van der Waals surface area contributed by atoms with Gasteiger partial charge in [0.25, 0.3) is 0 Å². The number of hydrogen-bond acceptors (Lipinski definition) is 6. The third-order valence-corrected chi connectivity index (χ3v) is 5.90. The van der Waals surface area contributed by atoms with Crippen LogP contribution in [0.5, 0.6) is 0 Å². The van der Waals surface area contributed by atoms with Crippen LogP contribution in [0.4, 0.5) is 0 Å². The van der Waals surface area contributed by atoms with Gasteiger partial charge in [-0.15, -0.1) is 11.3 Å². The van der Waals surface area contributed by atoms with Crippen molar-refractivity contribution in [3.63, 3.8) is 0 Å². The van der Waals surface area contributed by atoms with Crippen molar-refractivity contribution in [3.8, 4) is 22.0 Å². The number of fused-ring (bicyclic) bond motifs is 1. The second kappa shape index (κ2) is 7.30. The van der Waals surface area contributed by atoms with Crippen molar-refractivity contribution >= 4 is 11.3 Å². The van der Waals surface area contributed by atoms with Crippen molar-refractivity contribution in [1.29, 1.82) is 0 Å². The highest BCUT2D eigenvalue weighted by Gasteiger charge is 2.20. The maximum Gasteiger partial charge on any atom is 0.169 e. The lowest BCUT2D eigenvalue weighted by Gasteiger charge is -2.27. The first kappa shape index (κ1) is 17.3. The molecule has 1 aromatic carbocycles. The van der Waals surface area contributed by atoms with Gasteiger partial charge in [0.15, 0.2) is 11.6 Å². The largest absolute Gasteiger partial charge is 0.356 e. The Bertz CT molecular complexity index is 1090. The zero-order valence-corrected chi connectivity index (χ0v) is 16.4. The van der Waals surface area contributed by atoms with E-state index in [0.717, 1.165) is 59.5 Å². The summed E-state index contributed by atoms with van der Waals surface area (Å²) in [6.07, 6.45) is 2.91. The van der Waals surface area contributed by atoms with Crippen LogP contribution < -0.4 is 0 Å². The first-order valence-electron chi connectivity index (χ1n) is 9.38. The highest BCUT2D eigenvalue weighted by molar-refractivity contribution is 7.13. The number of aromatic nitrogens is 3. The quantitative estimate of drug-likeness (QED) is 0.506.